The van der Waals surface area contributed by atoms with Crippen molar-refractivity contribution in [3.8, 4) is 12.3 Å². The smallest absolute Gasteiger partial charge is 0.243 e. The fraction of sp³-hybridized carbons (Fsp3) is 0.500. The first-order valence-electron chi connectivity index (χ1n) is 9.67. The van der Waals surface area contributed by atoms with Crippen LogP contribution in [0.2, 0.25) is 0 Å². The maximum atomic E-state index is 12.8. The van der Waals surface area contributed by atoms with E-state index in [1.54, 1.807) is 12.1 Å². The molecule has 8 heteroatoms. The molecule has 150 valence electrons. The van der Waals surface area contributed by atoms with Crippen LogP contribution in [0.4, 0.5) is 0 Å². The Labute approximate surface area is 166 Å². The Morgan fingerprint density at radius 2 is 2.07 bits per heavy atom. The number of rotatable bonds is 8. The first kappa shape index (κ1) is 20.4. The number of imidazole rings is 1. The van der Waals surface area contributed by atoms with Crippen molar-refractivity contribution in [2.45, 2.75) is 50.5 Å². The van der Waals surface area contributed by atoms with E-state index in [0.29, 0.717) is 25.0 Å². The van der Waals surface area contributed by atoms with Crippen LogP contribution in [0.5, 0.6) is 0 Å². The molecule has 28 heavy (non-hydrogen) atoms. The summed E-state index contributed by atoms with van der Waals surface area (Å²) in [5.74, 6) is 3.04. The Morgan fingerprint density at radius 1 is 1.32 bits per heavy atom. The summed E-state index contributed by atoms with van der Waals surface area (Å²) < 4.78 is 29.3. The molecule has 0 spiro atoms. The number of nitrogens with zero attached hydrogens (tertiary/aromatic N) is 3. The van der Waals surface area contributed by atoms with Gasteiger partial charge in [-0.2, -0.15) is 4.31 Å². The highest BCUT2D eigenvalue weighted by molar-refractivity contribution is 7.89. The van der Waals surface area contributed by atoms with Crippen LogP contribution in [-0.2, 0) is 27.8 Å². The molecule has 1 aliphatic heterocycles. The predicted molar refractivity (Wildman–Crippen MR) is 108 cm³/mol. The van der Waals surface area contributed by atoms with Gasteiger partial charge < -0.3 is 9.88 Å². The van der Waals surface area contributed by atoms with Gasteiger partial charge in [0, 0.05) is 32.5 Å². The third-order valence-corrected chi connectivity index (χ3v) is 6.81. The Kier molecular flexibility index (Phi) is 6.37. The summed E-state index contributed by atoms with van der Waals surface area (Å²) in [4.78, 5) is 16.8. The Balaban J connectivity index is 1.89. The molecule has 0 radical (unpaired) electrons. The van der Waals surface area contributed by atoms with Crippen LogP contribution in [0.25, 0.3) is 11.0 Å². The zero-order chi connectivity index (χ0) is 20.1. The summed E-state index contributed by atoms with van der Waals surface area (Å²) in [5, 5.41) is 2.65. The first-order chi connectivity index (χ1) is 13.5. The molecule has 7 nitrogen and oxygen atoms in total. The fourth-order valence-electron chi connectivity index (χ4n) is 3.52. The Bertz CT molecular complexity index is 998. The lowest BCUT2D eigenvalue weighted by molar-refractivity contribution is -0.120. The van der Waals surface area contributed by atoms with Gasteiger partial charge in [0.05, 0.1) is 22.5 Å². The number of carbonyl (C=O) groups excluding carboxylic acids is 1. The largest absolute Gasteiger partial charge is 0.345 e. The quantitative estimate of drug-likeness (QED) is 0.684. The van der Waals surface area contributed by atoms with Crippen LogP contribution in [0.15, 0.2) is 23.1 Å². The SMILES string of the molecule is C#CCNC(=O)CCc1nc2cc(S(=O)(=O)N3CCCC3)ccc2n1CCC. The number of amides is 1. The highest BCUT2D eigenvalue weighted by Gasteiger charge is 2.27. The van der Waals surface area contributed by atoms with Crippen molar-refractivity contribution in [3.05, 3.63) is 24.0 Å². The van der Waals surface area contributed by atoms with Crippen molar-refractivity contribution in [3.63, 3.8) is 0 Å². The lowest BCUT2D eigenvalue weighted by atomic mass is 10.2. The number of terminal acetylenes is 1. The molecule has 0 unspecified atom stereocenters. The molecule has 0 aliphatic carbocycles. The van der Waals surface area contributed by atoms with E-state index in [9.17, 15) is 13.2 Å². The van der Waals surface area contributed by atoms with Crippen LogP contribution < -0.4 is 5.32 Å². The van der Waals surface area contributed by atoms with E-state index in [0.717, 1.165) is 37.1 Å². The number of fused-ring (bicyclic) bond motifs is 1. The number of hydrogen-bond acceptors (Lipinski definition) is 4. The topological polar surface area (TPSA) is 84.3 Å². The molecular weight excluding hydrogens is 376 g/mol. The molecule has 2 aromatic rings. The number of nitrogens with one attached hydrogen (secondary N) is 1. The summed E-state index contributed by atoms with van der Waals surface area (Å²) >= 11 is 0. The average molecular weight is 403 g/mol. The highest BCUT2D eigenvalue weighted by Crippen LogP contribution is 2.25. The standard InChI is InChI=1S/C20H26N4O3S/c1-3-11-21-20(25)10-9-19-22-17-15-16(7-8-18(17)24(19)12-4-2)28(26,27)23-13-5-6-14-23/h1,7-8,15H,4-6,9-14H2,2H3,(H,21,25). The van der Waals surface area contributed by atoms with Gasteiger partial charge in [0.15, 0.2) is 0 Å². The van der Waals surface area contributed by atoms with Gasteiger partial charge in [0.25, 0.3) is 0 Å². The van der Waals surface area contributed by atoms with E-state index in [2.05, 4.69) is 27.7 Å². The Morgan fingerprint density at radius 3 is 2.75 bits per heavy atom. The molecule has 1 fully saturated rings. The van der Waals surface area contributed by atoms with Gasteiger partial charge in [-0.05, 0) is 37.5 Å². The van der Waals surface area contributed by atoms with Crippen molar-refractivity contribution in [1.29, 1.82) is 0 Å². The maximum absolute atomic E-state index is 12.8. The number of aromatic nitrogens is 2. The van der Waals surface area contributed by atoms with E-state index in [4.69, 9.17) is 6.42 Å². The van der Waals surface area contributed by atoms with Gasteiger partial charge in [0.1, 0.15) is 5.82 Å². The van der Waals surface area contributed by atoms with E-state index in [1.165, 1.54) is 4.31 Å². The number of sulfonamides is 1. The van der Waals surface area contributed by atoms with E-state index in [-0.39, 0.29) is 23.8 Å². The number of carbonyl (C=O) groups is 1. The number of benzene rings is 1. The van der Waals surface area contributed by atoms with Crippen molar-refractivity contribution >= 4 is 27.0 Å². The molecular formula is C20H26N4O3S. The summed E-state index contributed by atoms with van der Waals surface area (Å²) in [5.41, 5.74) is 1.54. The molecule has 2 heterocycles. The monoisotopic (exact) mass is 402 g/mol. The minimum absolute atomic E-state index is 0.120. The summed E-state index contributed by atoms with van der Waals surface area (Å²) in [6, 6.07) is 5.13. The normalized spacial score (nSPS) is 15.0. The van der Waals surface area contributed by atoms with E-state index < -0.39 is 10.0 Å². The van der Waals surface area contributed by atoms with Crippen LogP contribution in [0.1, 0.15) is 38.4 Å². The van der Waals surface area contributed by atoms with E-state index >= 15 is 0 Å². The number of hydrogen-bond donors (Lipinski definition) is 1. The molecule has 1 aromatic carbocycles. The average Bonchev–Trinajstić information content (AvgIpc) is 3.33. The summed E-state index contributed by atoms with van der Waals surface area (Å²) in [7, 11) is -3.48. The summed E-state index contributed by atoms with van der Waals surface area (Å²) in [6.45, 7) is 4.19. The molecule has 1 N–H and O–H groups in total. The van der Waals surface area contributed by atoms with Crippen LogP contribution in [0, 0.1) is 12.3 Å². The molecule has 1 aliphatic rings. The van der Waals surface area contributed by atoms with Crippen LogP contribution in [-0.4, -0.2) is 47.8 Å². The van der Waals surface area contributed by atoms with Crippen molar-refractivity contribution in [2.24, 2.45) is 0 Å². The van der Waals surface area contributed by atoms with Crippen LogP contribution >= 0.6 is 0 Å². The van der Waals surface area contributed by atoms with Crippen molar-refractivity contribution in [1.82, 2.24) is 19.2 Å². The summed E-state index contributed by atoms with van der Waals surface area (Å²) in [6.07, 6.45) is 8.63. The van der Waals surface area contributed by atoms with E-state index in [1.807, 2.05) is 6.07 Å². The van der Waals surface area contributed by atoms with Crippen molar-refractivity contribution in [2.75, 3.05) is 19.6 Å². The van der Waals surface area contributed by atoms with Crippen molar-refractivity contribution < 1.29 is 13.2 Å². The zero-order valence-corrected chi connectivity index (χ0v) is 17.0. The Hall–Kier alpha value is -2.37. The third kappa shape index (κ3) is 4.21. The van der Waals surface area contributed by atoms with Gasteiger partial charge in [-0.25, -0.2) is 13.4 Å². The van der Waals surface area contributed by atoms with Gasteiger partial charge in [-0.1, -0.05) is 12.8 Å². The number of aryl methyl sites for hydroxylation is 2. The first-order valence-corrected chi connectivity index (χ1v) is 11.1. The van der Waals surface area contributed by atoms with Gasteiger partial charge in [-0.3, -0.25) is 4.79 Å². The van der Waals surface area contributed by atoms with Crippen LogP contribution in [0.3, 0.4) is 0 Å². The maximum Gasteiger partial charge on any atom is 0.243 e. The molecule has 1 amide bonds. The molecule has 1 saturated heterocycles. The second-order valence-corrected chi connectivity index (χ2v) is 8.86. The highest BCUT2D eigenvalue weighted by atomic mass is 32.2. The fourth-order valence-corrected chi connectivity index (χ4v) is 5.06. The lowest BCUT2D eigenvalue weighted by Gasteiger charge is -2.15. The van der Waals surface area contributed by atoms with Gasteiger partial charge in [0.2, 0.25) is 15.9 Å². The minimum atomic E-state index is -3.48. The molecule has 1 aromatic heterocycles. The molecule has 3 rings (SSSR count). The second kappa shape index (κ2) is 8.76. The molecule has 0 saturated carbocycles. The van der Waals surface area contributed by atoms with Gasteiger partial charge >= 0.3 is 0 Å². The second-order valence-electron chi connectivity index (χ2n) is 6.92. The predicted octanol–water partition coefficient (Wildman–Crippen LogP) is 1.91. The zero-order valence-electron chi connectivity index (χ0n) is 16.1. The molecule has 0 bridgehead atoms. The minimum Gasteiger partial charge on any atom is -0.345 e. The lowest BCUT2D eigenvalue weighted by Crippen LogP contribution is -2.27. The molecule has 0 atom stereocenters. The third-order valence-electron chi connectivity index (χ3n) is 4.91. The van der Waals surface area contributed by atoms with Gasteiger partial charge in [-0.15, -0.1) is 6.42 Å².